The molecule has 0 aliphatic heterocycles. The molecule has 0 fully saturated rings. The molecule has 0 atom stereocenters. The lowest BCUT2D eigenvalue weighted by Crippen LogP contribution is -2.08. The Labute approximate surface area is 229 Å². The Morgan fingerprint density at radius 3 is 1.68 bits per heavy atom. The minimum Gasteiger partial charge on any atom is -0.298 e. The Bertz CT molecular complexity index is 2090. The molecule has 188 valence electrons. The van der Waals surface area contributed by atoms with Crippen molar-refractivity contribution in [2.24, 2.45) is 0 Å². The number of benzene rings is 4. The minimum atomic E-state index is 0.481. The molecule has 0 bridgehead atoms. The summed E-state index contributed by atoms with van der Waals surface area (Å²) in [5.74, 6) is 2.39. The van der Waals surface area contributed by atoms with Crippen LogP contribution in [0.3, 0.4) is 0 Å². The van der Waals surface area contributed by atoms with Crippen molar-refractivity contribution in [3.05, 3.63) is 128 Å². The van der Waals surface area contributed by atoms with Gasteiger partial charge in [0.1, 0.15) is 11.3 Å². The van der Waals surface area contributed by atoms with Crippen LogP contribution in [0.15, 0.2) is 128 Å². The van der Waals surface area contributed by atoms with Crippen LogP contribution in [-0.2, 0) is 0 Å². The van der Waals surface area contributed by atoms with Crippen molar-refractivity contribution >= 4 is 27.7 Å². The Morgan fingerprint density at radius 2 is 1.02 bits per heavy atom. The summed E-state index contributed by atoms with van der Waals surface area (Å²) >= 11 is 0. The molecule has 0 aliphatic rings. The van der Waals surface area contributed by atoms with Gasteiger partial charge < -0.3 is 0 Å². The quantitative estimate of drug-likeness (QED) is 0.252. The molecular formula is C33H21N7. The Hall–Kier alpha value is -5.69. The number of nitrogens with zero attached hydrogens (tertiary/aromatic N) is 7. The second-order valence-electron chi connectivity index (χ2n) is 9.50. The second kappa shape index (κ2) is 8.96. The fourth-order valence-corrected chi connectivity index (χ4v) is 5.15. The minimum absolute atomic E-state index is 0.481. The third kappa shape index (κ3) is 3.56. The summed E-state index contributed by atoms with van der Waals surface area (Å²) in [6.45, 7) is 0. The van der Waals surface area contributed by atoms with E-state index in [4.69, 9.17) is 24.9 Å². The van der Waals surface area contributed by atoms with Crippen molar-refractivity contribution in [1.29, 1.82) is 0 Å². The van der Waals surface area contributed by atoms with E-state index in [2.05, 4.69) is 10.5 Å². The van der Waals surface area contributed by atoms with Crippen molar-refractivity contribution in [2.75, 3.05) is 0 Å². The molecule has 0 amide bonds. The van der Waals surface area contributed by atoms with Gasteiger partial charge in [-0.25, -0.2) is 15.0 Å². The molecule has 8 rings (SSSR count). The molecule has 0 saturated heterocycles. The van der Waals surface area contributed by atoms with Gasteiger partial charge in [0.05, 0.1) is 16.6 Å². The topological polar surface area (TPSA) is 73.8 Å². The van der Waals surface area contributed by atoms with Crippen LogP contribution in [0.4, 0.5) is 0 Å². The number of imidazole rings is 2. The number of hydrogen-bond donors (Lipinski definition) is 0. The predicted molar refractivity (Wildman–Crippen MR) is 157 cm³/mol. The summed E-state index contributed by atoms with van der Waals surface area (Å²) < 4.78 is 4.12. The summed E-state index contributed by atoms with van der Waals surface area (Å²) in [7, 11) is 0. The Balaban J connectivity index is 1.51. The maximum absolute atomic E-state index is 5.09. The van der Waals surface area contributed by atoms with Gasteiger partial charge in [-0.3, -0.25) is 8.97 Å². The average molecular weight is 516 g/mol. The smallest absolute Gasteiger partial charge is 0.240 e. The highest BCUT2D eigenvalue weighted by atomic mass is 15.2. The maximum Gasteiger partial charge on any atom is 0.240 e. The summed E-state index contributed by atoms with van der Waals surface area (Å²) in [5, 5.41) is 0. The largest absolute Gasteiger partial charge is 0.298 e. The third-order valence-electron chi connectivity index (χ3n) is 7.01. The van der Waals surface area contributed by atoms with Crippen LogP contribution in [0.25, 0.3) is 67.8 Å². The van der Waals surface area contributed by atoms with E-state index in [1.807, 2.05) is 126 Å². The lowest BCUT2D eigenvalue weighted by molar-refractivity contribution is 0.929. The predicted octanol–water partition coefficient (Wildman–Crippen LogP) is 7.01. The van der Waals surface area contributed by atoms with E-state index >= 15 is 0 Å². The van der Waals surface area contributed by atoms with E-state index in [-0.39, 0.29) is 0 Å². The maximum atomic E-state index is 5.09. The highest BCUT2D eigenvalue weighted by Crippen LogP contribution is 2.32. The molecule has 0 N–H and O–H groups in total. The van der Waals surface area contributed by atoms with Gasteiger partial charge in [-0.2, -0.15) is 9.97 Å². The van der Waals surface area contributed by atoms with Crippen LogP contribution >= 0.6 is 0 Å². The van der Waals surface area contributed by atoms with Crippen LogP contribution in [0.5, 0.6) is 0 Å². The first-order valence-corrected chi connectivity index (χ1v) is 13.0. The molecule has 40 heavy (non-hydrogen) atoms. The van der Waals surface area contributed by atoms with Gasteiger partial charge in [-0.05, 0) is 18.2 Å². The van der Waals surface area contributed by atoms with Gasteiger partial charge in [-0.1, -0.05) is 103 Å². The molecule has 4 aromatic heterocycles. The van der Waals surface area contributed by atoms with Crippen molar-refractivity contribution < 1.29 is 0 Å². The summed E-state index contributed by atoms with van der Waals surface area (Å²) in [4.78, 5) is 25.1. The SMILES string of the molecule is c1ccc(-c2nc(-c3ccccc3)nc(-n3c(-c4ccccc4)nc4ccn5c6ccccc6nc5c43)n2)cc1. The van der Waals surface area contributed by atoms with Crippen LogP contribution < -0.4 is 0 Å². The third-order valence-corrected chi connectivity index (χ3v) is 7.01. The fraction of sp³-hybridized carbons (Fsp3) is 0. The van der Waals surface area contributed by atoms with E-state index in [9.17, 15) is 0 Å². The Kier molecular flexibility index (Phi) is 4.99. The van der Waals surface area contributed by atoms with E-state index in [0.717, 1.165) is 50.2 Å². The first-order chi connectivity index (χ1) is 19.8. The van der Waals surface area contributed by atoms with E-state index < -0.39 is 0 Å². The van der Waals surface area contributed by atoms with Gasteiger partial charge in [0, 0.05) is 22.9 Å². The molecule has 4 aromatic carbocycles. The number of pyridine rings is 1. The highest BCUT2D eigenvalue weighted by molar-refractivity contribution is 5.97. The summed E-state index contributed by atoms with van der Waals surface area (Å²) in [5.41, 5.74) is 7.14. The molecule has 0 radical (unpaired) electrons. The monoisotopic (exact) mass is 515 g/mol. The first-order valence-electron chi connectivity index (χ1n) is 13.0. The van der Waals surface area contributed by atoms with E-state index in [0.29, 0.717) is 17.6 Å². The highest BCUT2D eigenvalue weighted by Gasteiger charge is 2.22. The van der Waals surface area contributed by atoms with Gasteiger partial charge in [0.2, 0.25) is 5.95 Å². The zero-order chi connectivity index (χ0) is 26.5. The van der Waals surface area contributed by atoms with Gasteiger partial charge in [0.15, 0.2) is 17.3 Å². The number of hydrogen-bond acceptors (Lipinski definition) is 5. The zero-order valence-electron chi connectivity index (χ0n) is 21.3. The second-order valence-corrected chi connectivity index (χ2v) is 9.50. The molecule has 7 nitrogen and oxygen atoms in total. The fourth-order valence-electron chi connectivity index (χ4n) is 5.15. The standard InChI is InChI=1S/C33H21N7/c1-4-12-22(13-5-1)29-36-30(23-14-6-2-7-15-23)38-33(37-29)40-28-26(35-31(40)24-16-8-3-9-17-24)20-21-39-27-19-11-10-18-25(27)34-32(28)39/h1-21H. The molecule has 4 heterocycles. The molecule has 0 saturated carbocycles. The molecule has 0 unspecified atom stereocenters. The van der Waals surface area contributed by atoms with Crippen LogP contribution in [0, 0.1) is 0 Å². The van der Waals surface area contributed by atoms with Crippen LogP contribution in [0.1, 0.15) is 0 Å². The number of para-hydroxylation sites is 2. The first kappa shape index (κ1) is 22.3. The Morgan fingerprint density at radius 1 is 0.450 bits per heavy atom. The average Bonchev–Trinajstić information content (AvgIpc) is 3.61. The van der Waals surface area contributed by atoms with Crippen LogP contribution in [-0.4, -0.2) is 33.9 Å². The zero-order valence-corrected chi connectivity index (χ0v) is 21.3. The molecular weight excluding hydrogens is 494 g/mol. The van der Waals surface area contributed by atoms with Crippen molar-refractivity contribution in [2.45, 2.75) is 0 Å². The molecule has 0 aliphatic carbocycles. The van der Waals surface area contributed by atoms with Crippen molar-refractivity contribution in [3.63, 3.8) is 0 Å². The van der Waals surface area contributed by atoms with E-state index in [1.54, 1.807) is 0 Å². The van der Waals surface area contributed by atoms with Crippen LogP contribution in [0.2, 0.25) is 0 Å². The molecule has 0 spiro atoms. The normalized spacial score (nSPS) is 11.5. The number of aromatic nitrogens is 7. The molecule has 8 aromatic rings. The van der Waals surface area contributed by atoms with Gasteiger partial charge >= 0.3 is 0 Å². The van der Waals surface area contributed by atoms with Gasteiger partial charge in [0.25, 0.3) is 0 Å². The van der Waals surface area contributed by atoms with Crippen molar-refractivity contribution in [3.8, 4) is 40.1 Å². The van der Waals surface area contributed by atoms with Gasteiger partial charge in [-0.15, -0.1) is 0 Å². The molecule has 7 heteroatoms. The number of fused-ring (bicyclic) bond motifs is 5. The summed E-state index contributed by atoms with van der Waals surface area (Å²) in [6.07, 6.45) is 2.03. The van der Waals surface area contributed by atoms with Crippen molar-refractivity contribution in [1.82, 2.24) is 33.9 Å². The lowest BCUT2D eigenvalue weighted by atomic mass is 10.2. The lowest BCUT2D eigenvalue weighted by Gasteiger charge is -2.12. The summed E-state index contributed by atoms with van der Waals surface area (Å²) in [6, 6.07) is 40.2. The number of rotatable bonds is 4. The van der Waals surface area contributed by atoms with E-state index in [1.165, 1.54) is 0 Å².